The maximum atomic E-state index is 11.4. The summed E-state index contributed by atoms with van der Waals surface area (Å²) >= 11 is 11.9. The monoisotopic (exact) mass is 309 g/mol. The Morgan fingerprint density at radius 2 is 2.11 bits per heavy atom. The van der Waals surface area contributed by atoms with E-state index in [0.29, 0.717) is 27.8 Å². The molecule has 1 aromatic rings. The molecule has 7 heteroatoms. The lowest BCUT2D eigenvalue weighted by Crippen LogP contribution is -2.19. The molecule has 1 aromatic carbocycles. The highest BCUT2D eigenvalue weighted by Gasteiger charge is 2.30. The molecule has 1 unspecified atom stereocenters. The fourth-order valence-electron chi connectivity index (χ4n) is 1.92. The zero-order chi connectivity index (χ0) is 13.3. The summed E-state index contributed by atoms with van der Waals surface area (Å²) in [5, 5.41) is 0.832. The number of hydrogen-bond acceptors (Lipinski definition) is 4. The van der Waals surface area contributed by atoms with Crippen molar-refractivity contribution in [3.8, 4) is 5.75 Å². The molecule has 0 radical (unpaired) electrons. The Bertz CT molecular complexity index is 560. The summed E-state index contributed by atoms with van der Waals surface area (Å²) in [5.74, 6) is 0.613. The van der Waals surface area contributed by atoms with Crippen molar-refractivity contribution < 1.29 is 13.2 Å². The second-order valence-electron chi connectivity index (χ2n) is 4.22. The van der Waals surface area contributed by atoms with Crippen LogP contribution in [0.25, 0.3) is 0 Å². The molecule has 0 aliphatic carbocycles. The van der Waals surface area contributed by atoms with Crippen LogP contribution in [0.15, 0.2) is 12.1 Å². The van der Waals surface area contributed by atoms with E-state index in [1.165, 1.54) is 0 Å². The van der Waals surface area contributed by atoms with E-state index in [9.17, 15) is 8.42 Å². The Balaban J connectivity index is 2.24. The van der Waals surface area contributed by atoms with E-state index in [4.69, 9.17) is 33.7 Å². The van der Waals surface area contributed by atoms with Gasteiger partial charge in [0.05, 0.1) is 16.5 Å². The van der Waals surface area contributed by atoms with Crippen LogP contribution < -0.4 is 10.5 Å². The zero-order valence-electron chi connectivity index (χ0n) is 9.53. The molecule has 100 valence electrons. The molecule has 1 atom stereocenters. The number of halogens is 2. The van der Waals surface area contributed by atoms with Gasteiger partial charge < -0.3 is 10.5 Å². The molecule has 1 saturated heterocycles. The quantitative estimate of drug-likeness (QED) is 0.927. The molecule has 2 N–H and O–H groups in total. The predicted octanol–water partition coefficient (Wildman–Crippen LogP) is 2.02. The maximum Gasteiger partial charge on any atom is 0.154 e. The smallest absolute Gasteiger partial charge is 0.154 e. The van der Waals surface area contributed by atoms with Crippen LogP contribution in [0.3, 0.4) is 0 Å². The molecule has 1 aliphatic heterocycles. The van der Waals surface area contributed by atoms with Crippen LogP contribution >= 0.6 is 23.2 Å². The van der Waals surface area contributed by atoms with Crippen molar-refractivity contribution in [2.45, 2.75) is 19.1 Å². The summed E-state index contributed by atoms with van der Waals surface area (Å²) in [6.45, 7) is 0.231. The molecule has 4 nitrogen and oxygen atoms in total. The lowest BCUT2D eigenvalue weighted by molar-refractivity contribution is 0.227. The van der Waals surface area contributed by atoms with Gasteiger partial charge in [0.2, 0.25) is 0 Å². The lowest BCUT2D eigenvalue weighted by Gasteiger charge is -2.16. The van der Waals surface area contributed by atoms with Gasteiger partial charge in [-0.2, -0.15) is 0 Å². The first-order valence-electron chi connectivity index (χ1n) is 5.46. The average molecular weight is 310 g/mol. The van der Waals surface area contributed by atoms with Crippen molar-refractivity contribution in [3.05, 3.63) is 27.7 Å². The van der Waals surface area contributed by atoms with Crippen LogP contribution in [-0.4, -0.2) is 26.0 Å². The Morgan fingerprint density at radius 3 is 2.67 bits per heavy atom. The van der Waals surface area contributed by atoms with Crippen LogP contribution in [0.2, 0.25) is 10.0 Å². The first-order valence-corrected chi connectivity index (χ1v) is 8.04. The molecule has 1 heterocycles. The molecule has 0 bridgehead atoms. The molecular formula is C11H13Cl2NO3S. The fraction of sp³-hybridized carbons (Fsp3) is 0.455. The van der Waals surface area contributed by atoms with Gasteiger partial charge in [-0.25, -0.2) is 8.42 Å². The highest BCUT2D eigenvalue weighted by atomic mass is 35.5. The van der Waals surface area contributed by atoms with Crippen molar-refractivity contribution in [2.75, 3.05) is 11.5 Å². The minimum atomic E-state index is -2.98. The van der Waals surface area contributed by atoms with E-state index in [0.717, 1.165) is 0 Å². The first kappa shape index (κ1) is 13.9. The Hall–Kier alpha value is -0.490. The summed E-state index contributed by atoms with van der Waals surface area (Å²) in [7, 11) is -2.98. The summed E-state index contributed by atoms with van der Waals surface area (Å²) in [4.78, 5) is 0. The molecular weight excluding hydrogens is 297 g/mol. The largest absolute Gasteiger partial charge is 0.487 e. The van der Waals surface area contributed by atoms with Crippen LogP contribution in [0.4, 0.5) is 0 Å². The third-order valence-electron chi connectivity index (χ3n) is 2.78. The van der Waals surface area contributed by atoms with Gasteiger partial charge >= 0.3 is 0 Å². The van der Waals surface area contributed by atoms with Crippen molar-refractivity contribution in [1.82, 2.24) is 0 Å². The fourth-order valence-corrected chi connectivity index (χ4v) is 4.09. The lowest BCUT2D eigenvalue weighted by atomic mass is 10.2. The normalized spacial score (nSPS) is 22.1. The standard InChI is InChI=1S/C11H13Cl2NO3S/c12-8-3-7(5-14)11(10(13)4-8)17-9-1-2-18(15,16)6-9/h3-4,9H,1-2,5-6,14H2. The first-order chi connectivity index (χ1) is 8.41. The Morgan fingerprint density at radius 1 is 1.39 bits per heavy atom. The Kier molecular flexibility index (Phi) is 4.06. The van der Waals surface area contributed by atoms with Crippen molar-refractivity contribution >= 4 is 33.0 Å². The van der Waals surface area contributed by atoms with Gasteiger partial charge in [-0.1, -0.05) is 23.2 Å². The summed E-state index contributed by atoms with van der Waals surface area (Å²) in [5.41, 5.74) is 6.28. The Labute approximate surface area is 116 Å². The van der Waals surface area contributed by atoms with Crippen molar-refractivity contribution in [3.63, 3.8) is 0 Å². The third kappa shape index (κ3) is 3.09. The number of rotatable bonds is 3. The zero-order valence-corrected chi connectivity index (χ0v) is 11.9. The number of nitrogens with two attached hydrogens (primary N) is 1. The SMILES string of the molecule is NCc1cc(Cl)cc(Cl)c1OC1CCS(=O)(=O)C1. The third-order valence-corrected chi connectivity index (χ3v) is 5.02. The highest BCUT2D eigenvalue weighted by molar-refractivity contribution is 7.91. The highest BCUT2D eigenvalue weighted by Crippen LogP contribution is 2.34. The number of sulfone groups is 1. The molecule has 1 fully saturated rings. The van der Waals surface area contributed by atoms with Gasteiger partial charge in [0, 0.05) is 17.1 Å². The van der Waals surface area contributed by atoms with Crippen LogP contribution in [0.1, 0.15) is 12.0 Å². The van der Waals surface area contributed by atoms with E-state index < -0.39 is 9.84 Å². The molecule has 18 heavy (non-hydrogen) atoms. The van der Waals surface area contributed by atoms with Crippen molar-refractivity contribution in [2.24, 2.45) is 5.73 Å². The maximum absolute atomic E-state index is 11.4. The predicted molar refractivity (Wildman–Crippen MR) is 72.0 cm³/mol. The molecule has 0 spiro atoms. The van der Waals surface area contributed by atoms with Crippen molar-refractivity contribution in [1.29, 1.82) is 0 Å². The van der Waals surface area contributed by atoms with E-state index >= 15 is 0 Å². The van der Waals surface area contributed by atoms with Gasteiger partial charge in [-0.15, -0.1) is 0 Å². The summed E-state index contributed by atoms with van der Waals surface area (Å²) < 4.78 is 28.4. The average Bonchev–Trinajstić information content (AvgIpc) is 2.61. The van der Waals surface area contributed by atoms with Gasteiger partial charge in [-0.05, 0) is 18.6 Å². The molecule has 0 aromatic heterocycles. The number of benzene rings is 1. The minimum Gasteiger partial charge on any atom is -0.487 e. The summed E-state index contributed by atoms with van der Waals surface area (Å²) in [6.07, 6.45) is 0.115. The van der Waals surface area contributed by atoms with E-state index in [1.54, 1.807) is 12.1 Å². The number of ether oxygens (including phenoxy) is 1. The van der Waals surface area contributed by atoms with E-state index in [-0.39, 0.29) is 24.2 Å². The molecule has 2 rings (SSSR count). The minimum absolute atomic E-state index is 0.0238. The van der Waals surface area contributed by atoms with E-state index in [1.807, 2.05) is 0 Å². The topological polar surface area (TPSA) is 69.4 Å². The van der Waals surface area contributed by atoms with Gasteiger partial charge in [0.25, 0.3) is 0 Å². The van der Waals surface area contributed by atoms with Crippen LogP contribution in [0, 0.1) is 0 Å². The summed E-state index contributed by atoms with van der Waals surface area (Å²) in [6, 6.07) is 3.23. The van der Waals surface area contributed by atoms with E-state index in [2.05, 4.69) is 0 Å². The van der Waals surface area contributed by atoms with Crippen LogP contribution in [-0.2, 0) is 16.4 Å². The van der Waals surface area contributed by atoms with Gasteiger partial charge in [0.1, 0.15) is 11.9 Å². The second-order valence-corrected chi connectivity index (χ2v) is 7.30. The van der Waals surface area contributed by atoms with Gasteiger partial charge in [-0.3, -0.25) is 0 Å². The molecule has 1 aliphatic rings. The number of hydrogen-bond donors (Lipinski definition) is 1. The second kappa shape index (κ2) is 5.25. The molecule has 0 saturated carbocycles. The van der Waals surface area contributed by atoms with Gasteiger partial charge in [0.15, 0.2) is 9.84 Å². The van der Waals surface area contributed by atoms with Crippen LogP contribution in [0.5, 0.6) is 5.75 Å². The molecule has 0 amide bonds.